The van der Waals surface area contributed by atoms with E-state index in [0.717, 1.165) is 0 Å². The number of hydrogen-bond acceptors (Lipinski definition) is 4. The molecule has 2 aliphatic rings. The van der Waals surface area contributed by atoms with Crippen molar-refractivity contribution in [3.05, 3.63) is 0 Å². The zero-order chi connectivity index (χ0) is 16.5. The number of rotatable bonds is 4. The summed E-state index contributed by atoms with van der Waals surface area (Å²) in [4.78, 5) is 39.0. The van der Waals surface area contributed by atoms with E-state index < -0.39 is 5.54 Å². The molecule has 1 N–H and O–H groups in total. The average Bonchev–Trinajstić information content (AvgIpc) is 2.59. The van der Waals surface area contributed by atoms with E-state index in [4.69, 9.17) is 4.74 Å². The first-order valence-electron chi connectivity index (χ1n) is 7.78. The molecule has 0 radical (unpaired) electrons. The minimum Gasteiger partial charge on any atom is -0.372 e. The van der Waals surface area contributed by atoms with Gasteiger partial charge in [-0.15, -0.1) is 0 Å². The minimum atomic E-state index is -0.851. The lowest BCUT2D eigenvalue weighted by molar-refractivity contribution is -0.143. The van der Waals surface area contributed by atoms with Crippen molar-refractivity contribution in [1.29, 1.82) is 0 Å². The molecule has 0 bridgehead atoms. The van der Waals surface area contributed by atoms with Crippen molar-refractivity contribution in [2.75, 3.05) is 19.6 Å². The van der Waals surface area contributed by atoms with Crippen LogP contribution < -0.4 is 5.32 Å². The topological polar surface area (TPSA) is 79.0 Å². The predicted molar refractivity (Wildman–Crippen MR) is 80.1 cm³/mol. The minimum absolute atomic E-state index is 0.0411. The third-order valence-corrected chi connectivity index (χ3v) is 3.99. The highest BCUT2D eigenvalue weighted by Crippen LogP contribution is 2.18. The molecule has 2 rings (SSSR count). The Morgan fingerprint density at radius 1 is 1.27 bits per heavy atom. The summed E-state index contributed by atoms with van der Waals surface area (Å²) in [5.74, 6) is -0.188. The third-order valence-electron chi connectivity index (χ3n) is 3.99. The zero-order valence-electron chi connectivity index (χ0n) is 13.7. The fourth-order valence-electron chi connectivity index (χ4n) is 2.95. The molecular formula is C15H25N3O4. The Balaban J connectivity index is 1.80. The van der Waals surface area contributed by atoms with Crippen molar-refractivity contribution in [2.45, 2.75) is 58.3 Å². The number of nitrogens with one attached hydrogen (secondary N) is 1. The molecule has 124 valence electrons. The largest absolute Gasteiger partial charge is 0.372 e. The maximum Gasteiger partial charge on any atom is 0.325 e. The van der Waals surface area contributed by atoms with Gasteiger partial charge >= 0.3 is 6.03 Å². The summed E-state index contributed by atoms with van der Waals surface area (Å²) in [5, 5.41) is 2.63. The van der Waals surface area contributed by atoms with E-state index in [1.165, 1.54) is 4.90 Å². The normalized spacial score (nSPS) is 28.0. The lowest BCUT2D eigenvalue weighted by Crippen LogP contribution is -2.48. The second-order valence-corrected chi connectivity index (χ2v) is 6.67. The van der Waals surface area contributed by atoms with Crippen LogP contribution in [0.25, 0.3) is 0 Å². The summed E-state index contributed by atoms with van der Waals surface area (Å²) in [6, 6.07) is -0.379. The van der Waals surface area contributed by atoms with Crippen molar-refractivity contribution in [2.24, 2.45) is 0 Å². The van der Waals surface area contributed by atoms with Crippen LogP contribution in [0, 0.1) is 0 Å². The molecule has 0 aliphatic carbocycles. The lowest BCUT2D eigenvalue weighted by Gasteiger charge is -2.35. The van der Waals surface area contributed by atoms with Gasteiger partial charge in [0, 0.05) is 26.1 Å². The van der Waals surface area contributed by atoms with Crippen LogP contribution >= 0.6 is 0 Å². The van der Waals surface area contributed by atoms with Gasteiger partial charge in [0.25, 0.3) is 5.91 Å². The molecule has 0 unspecified atom stereocenters. The van der Waals surface area contributed by atoms with Crippen LogP contribution in [0.1, 0.15) is 40.5 Å². The van der Waals surface area contributed by atoms with Gasteiger partial charge in [-0.25, -0.2) is 4.79 Å². The number of carbonyl (C=O) groups excluding carboxylic acids is 3. The van der Waals surface area contributed by atoms with Crippen molar-refractivity contribution in [3.63, 3.8) is 0 Å². The molecule has 0 aromatic heterocycles. The molecular weight excluding hydrogens is 286 g/mol. The molecule has 2 aliphatic heterocycles. The number of carbonyl (C=O) groups is 3. The van der Waals surface area contributed by atoms with E-state index in [9.17, 15) is 14.4 Å². The Morgan fingerprint density at radius 3 is 2.36 bits per heavy atom. The number of urea groups is 1. The van der Waals surface area contributed by atoms with Crippen LogP contribution in [0.15, 0.2) is 0 Å². The molecule has 2 fully saturated rings. The van der Waals surface area contributed by atoms with Crippen LogP contribution in [0.2, 0.25) is 0 Å². The summed E-state index contributed by atoms with van der Waals surface area (Å²) in [5.41, 5.74) is -0.851. The van der Waals surface area contributed by atoms with Gasteiger partial charge in [-0.05, 0) is 34.1 Å². The highest BCUT2D eigenvalue weighted by Gasteiger charge is 2.43. The van der Waals surface area contributed by atoms with Crippen molar-refractivity contribution < 1.29 is 19.1 Å². The average molecular weight is 311 g/mol. The Labute approximate surface area is 131 Å². The van der Waals surface area contributed by atoms with Gasteiger partial charge in [-0.1, -0.05) is 0 Å². The van der Waals surface area contributed by atoms with E-state index in [1.54, 1.807) is 18.7 Å². The van der Waals surface area contributed by atoms with Gasteiger partial charge in [0.1, 0.15) is 5.54 Å². The number of nitrogens with zero attached hydrogens (tertiary/aromatic N) is 2. The Kier molecular flexibility index (Phi) is 4.75. The monoisotopic (exact) mass is 311 g/mol. The molecule has 22 heavy (non-hydrogen) atoms. The quantitative estimate of drug-likeness (QED) is 0.777. The zero-order valence-corrected chi connectivity index (χ0v) is 13.7. The van der Waals surface area contributed by atoms with Gasteiger partial charge < -0.3 is 15.0 Å². The van der Waals surface area contributed by atoms with Gasteiger partial charge in [0.2, 0.25) is 5.91 Å². The van der Waals surface area contributed by atoms with Gasteiger partial charge in [0.05, 0.1) is 12.2 Å². The van der Waals surface area contributed by atoms with Gasteiger partial charge in [-0.2, -0.15) is 0 Å². The molecule has 0 aromatic carbocycles. The second-order valence-electron chi connectivity index (χ2n) is 6.67. The maximum absolute atomic E-state index is 12.2. The molecule has 2 heterocycles. The Morgan fingerprint density at radius 2 is 1.86 bits per heavy atom. The van der Waals surface area contributed by atoms with Gasteiger partial charge in [-0.3, -0.25) is 14.5 Å². The highest BCUT2D eigenvalue weighted by atomic mass is 16.5. The number of hydrogen-bond donors (Lipinski definition) is 1. The van der Waals surface area contributed by atoms with E-state index in [2.05, 4.69) is 5.32 Å². The van der Waals surface area contributed by atoms with Crippen LogP contribution in [-0.4, -0.2) is 65.0 Å². The summed E-state index contributed by atoms with van der Waals surface area (Å²) in [6.07, 6.45) is 0.893. The van der Waals surface area contributed by atoms with E-state index in [1.807, 2.05) is 13.8 Å². The molecule has 0 aromatic rings. The molecule has 7 nitrogen and oxygen atoms in total. The first kappa shape index (κ1) is 16.7. The predicted octanol–water partition coefficient (Wildman–Crippen LogP) is 0.733. The van der Waals surface area contributed by atoms with E-state index >= 15 is 0 Å². The van der Waals surface area contributed by atoms with Crippen molar-refractivity contribution in [3.8, 4) is 0 Å². The summed E-state index contributed by atoms with van der Waals surface area (Å²) in [7, 11) is 0. The number of morpholine rings is 1. The van der Waals surface area contributed by atoms with E-state index in [-0.39, 0.29) is 36.6 Å². The molecule has 7 heteroatoms. The van der Waals surface area contributed by atoms with E-state index in [0.29, 0.717) is 25.9 Å². The van der Waals surface area contributed by atoms with Crippen LogP contribution in [0.4, 0.5) is 4.79 Å². The SMILES string of the molecule is C[C@@H]1CN(C(=O)CCCN2C(=O)NC(C)(C)C2=O)C[C@H](C)O1. The Hall–Kier alpha value is -1.63. The highest BCUT2D eigenvalue weighted by molar-refractivity contribution is 6.06. The lowest BCUT2D eigenvalue weighted by atomic mass is 10.1. The molecule has 0 saturated carbocycles. The number of amides is 4. The first-order valence-corrected chi connectivity index (χ1v) is 7.78. The van der Waals surface area contributed by atoms with Crippen LogP contribution in [-0.2, 0) is 14.3 Å². The molecule has 2 atom stereocenters. The number of ether oxygens (including phenoxy) is 1. The smallest absolute Gasteiger partial charge is 0.325 e. The fourth-order valence-corrected chi connectivity index (χ4v) is 2.95. The number of imide groups is 1. The van der Waals surface area contributed by atoms with Gasteiger partial charge in [0.15, 0.2) is 0 Å². The van der Waals surface area contributed by atoms with Crippen molar-refractivity contribution in [1.82, 2.24) is 15.1 Å². The van der Waals surface area contributed by atoms with Crippen molar-refractivity contribution >= 4 is 17.8 Å². The molecule has 4 amide bonds. The molecule has 2 saturated heterocycles. The Bertz CT molecular complexity index is 467. The summed E-state index contributed by atoms with van der Waals surface area (Å²) >= 11 is 0. The maximum atomic E-state index is 12.2. The standard InChI is InChI=1S/C15H25N3O4/c1-10-8-17(9-11(2)22-10)12(19)6-5-7-18-13(20)15(3,4)16-14(18)21/h10-11H,5-9H2,1-4H3,(H,16,21)/t10-,11+. The first-order chi connectivity index (χ1) is 10.2. The third kappa shape index (κ3) is 3.58. The summed E-state index contributed by atoms with van der Waals surface area (Å²) in [6.45, 7) is 8.72. The molecule has 0 spiro atoms. The second kappa shape index (κ2) is 6.24. The fraction of sp³-hybridized carbons (Fsp3) is 0.800. The van der Waals surface area contributed by atoms with Crippen LogP contribution in [0.3, 0.4) is 0 Å². The summed E-state index contributed by atoms with van der Waals surface area (Å²) < 4.78 is 5.60. The van der Waals surface area contributed by atoms with Crippen LogP contribution in [0.5, 0.6) is 0 Å².